The van der Waals surface area contributed by atoms with Gasteiger partial charge in [-0.1, -0.05) is 41.9 Å². The van der Waals surface area contributed by atoms with E-state index in [2.05, 4.69) is 45.7 Å². The Labute approximate surface area is 401 Å². The molecular weight excluding hydrogens is 945 g/mol. The standard InChI is InChI=1S/C48H58ClF3N6O6S3/c1-47(2,3)58-28-24-55(25-29-58)21-19-39(34-65-41-7-5-4-6-8-41)53-44-18-17-42(31-45(44)66(60,61)48(50,51)52)67(62,63)54-46(59)36-11-15-40(16-12-36)57-26-22-56(23-27-57)32-37-33-64-30-20-43(37)35-9-13-38(49)14-10-35/h4-18,31,39,53H,19-30,32-34H2,1-3H3,(H,54,59). The van der Waals surface area contributed by atoms with Crippen LogP contribution in [0, 0.1) is 0 Å². The minimum absolute atomic E-state index is 0.00933. The molecule has 3 heterocycles. The molecule has 4 aromatic carbocycles. The predicted octanol–water partition coefficient (Wildman–Crippen LogP) is 8.13. The van der Waals surface area contributed by atoms with Gasteiger partial charge in [-0.2, -0.15) is 13.2 Å². The van der Waals surface area contributed by atoms with Gasteiger partial charge in [0.15, 0.2) is 0 Å². The Morgan fingerprint density at radius 1 is 0.821 bits per heavy atom. The highest BCUT2D eigenvalue weighted by Gasteiger charge is 2.48. The van der Waals surface area contributed by atoms with E-state index >= 15 is 0 Å². The van der Waals surface area contributed by atoms with Crippen LogP contribution in [-0.4, -0.2) is 139 Å². The fourth-order valence-corrected chi connectivity index (χ4v) is 11.7. The Balaban J connectivity index is 1.01. The molecule has 0 saturated carbocycles. The number of rotatable bonds is 16. The van der Waals surface area contributed by atoms with Crippen LogP contribution in [0.15, 0.2) is 117 Å². The molecule has 2 saturated heterocycles. The number of carbonyl (C=O) groups excluding carboxylic acids is 1. The van der Waals surface area contributed by atoms with E-state index in [1.165, 1.54) is 35.0 Å². The summed E-state index contributed by atoms with van der Waals surface area (Å²) in [5.74, 6) is -0.650. The number of nitrogens with zero attached hydrogens (tertiary/aromatic N) is 4. The van der Waals surface area contributed by atoms with E-state index in [-0.39, 0.29) is 11.1 Å². The summed E-state index contributed by atoms with van der Waals surface area (Å²) < 4.78 is 104. The summed E-state index contributed by atoms with van der Waals surface area (Å²) >= 11 is 7.59. The molecule has 0 bridgehead atoms. The summed E-state index contributed by atoms with van der Waals surface area (Å²) in [5.41, 5.74) is -1.62. The van der Waals surface area contributed by atoms with Crippen LogP contribution in [-0.2, 0) is 24.6 Å². The lowest BCUT2D eigenvalue weighted by Crippen LogP contribution is -2.53. The van der Waals surface area contributed by atoms with Crippen LogP contribution >= 0.6 is 23.4 Å². The highest BCUT2D eigenvalue weighted by atomic mass is 35.5. The van der Waals surface area contributed by atoms with Crippen LogP contribution in [0.3, 0.4) is 0 Å². The van der Waals surface area contributed by atoms with E-state index in [1.807, 2.05) is 59.3 Å². The van der Waals surface area contributed by atoms with Crippen LogP contribution in [0.2, 0.25) is 5.02 Å². The highest BCUT2D eigenvalue weighted by molar-refractivity contribution is 7.99. The van der Waals surface area contributed by atoms with Gasteiger partial charge in [-0.05, 0) is 117 Å². The highest BCUT2D eigenvalue weighted by Crippen LogP contribution is 2.37. The molecule has 12 nitrogen and oxygen atoms in total. The Bertz CT molecular complexity index is 2580. The Kier molecular flexibility index (Phi) is 16.4. The van der Waals surface area contributed by atoms with Gasteiger partial charge in [-0.15, -0.1) is 11.8 Å². The number of ether oxygens (including phenoxy) is 1. The largest absolute Gasteiger partial charge is 0.501 e. The van der Waals surface area contributed by atoms with E-state index in [4.69, 9.17) is 16.3 Å². The molecule has 0 aromatic heterocycles. The van der Waals surface area contributed by atoms with Crippen molar-refractivity contribution in [1.29, 1.82) is 0 Å². The fourth-order valence-electron chi connectivity index (χ4n) is 8.52. The maximum Gasteiger partial charge on any atom is 0.501 e. The van der Waals surface area contributed by atoms with Crippen LogP contribution in [0.1, 0.15) is 49.5 Å². The molecule has 4 aromatic rings. The second kappa shape index (κ2) is 21.7. The van der Waals surface area contributed by atoms with Crippen molar-refractivity contribution in [2.75, 3.05) is 94.6 Å². The average Bonchev–Trinajstić information content (AvgIpc) is 3.30. The van der Waals surface area contributed by atoms with Gasteiger partial charge in [-0.25, -0.2) is 21.6 Å². The lowest BCUT2D eigenvalue weighted by atomic mass is 9.95. The molecule has 19 heteroatoms. The van der Waals surface area contributed by atoms with Crippen LogP contribution in [0.4, 0.5) is 24.5 Å². The van der Waals surface area contributed by atoms with Crippen molar-refractivity contribution in [2.24, 2.45) is 0 Å². The Hall–Kier alpha value is -4.14. The number of hydrogen-bond donors (Lipinski definition) is 2. The van der Waals surface area contributed by atoms with Gasteiger partial charge < -0.3 is 19.9 Å². The quantitative estimate of drug-likeness (QED) is 0.105. The number of benzene rings is 4. The number of hydrogen-bond acceptors (Lipinski definition) is 12. The average molecular weight is 1000 g/mol. The molecule has 1 atom stereocenters. The topological polar surface area (TPSA) is 132 Å². The Morgan fingerprint density at radius 3 is 2.12 bits per heavy atom. The van der Waals surface area contributed by atoms with Gasteiger partial charge in [0.1, 0.15) is 4.90 Å². The molecule has 0 radical (unpaired) electrons. The number of alkyl halides is 3. The first-order valence-corrected chi connectivity index (χ1v) is 26.7. The number of amides is 1. The number of anilines is 2. The lowest BCUT2D eigenvalue weighted by Gasteiger charge is -2.42. The second-order valence-electron chi connectivity index (χ2n) is 18.0. The van der Waals surface area contributed by atoms with E-state index < -0.39 is 52.8 Å². The monoisotopic (exact) mass is 1000 g/mol. The van der Waals surface area contributed by atoms with Crippen LogP contribution in [0.25, 0.3) is 5.57 Å². The second-order valence-corrected chi connectivity index (χ2v) is 23.1. The van der Waals surface area contributed by atoms with Gasteiger partial charge in [0.2, 0.25) is 0 Å². The van der Waals surface area contributed by atoms with Crippen molar-refractivity contribution in [1.82, 2.24) is 19.4 Å². The molecule has 0 spiro atoms. The first-order chi connectivity index (χ1) is 31.8. The van der Waals surface area contributed by atoms with E-state index in [0.29, 0.717) is 56.1 Å². The lowest BCUT2D eigenvalue weighted by molar-refractivity contribution is -0.0435. The first-order valence-electron chi connectivity index (χ1n) is 22.3. The molecule has 1 unspecified atom stereocenters. The van der Waals surface area contributed by atoms with Gasteiger partial charge in [0, 0.05) is 104 Å². The summed E-state index contributed by atoms with van der Waals surface area (Å²) in [6.07, 6.45) is 1.29. The number of thioether (sulfide) groups is 1. The van der Waals surface area contributed by atoms with Gasteiger partial charge in [0.05, 0.1) is 23.8 Å². The third-order valence-electron chi connectivity index (χ3n) is 12.4. The summed E-state index contributed by atoms with van der Waals surface area (Å²) in [5, 5.41) is 3.73. The maximum atomic E-state index is 14.3. The molecule has 0 aliphatic carbocycles. The first kappa shape index (κ1) is 50.7. The zero-order valence-corrected chi connectivity index (χ0v) is 41.1. The van der Waals surface area contributed by atoms with Gasteiger partial charge >= 0.3 is 5.51 Å². The summed E-state index contributed by atoms with van der Waals surface area (Å²) in [7, 11) is -10.9. The van der Waals surface area contributed by atoms with Gasteiger partial charge in [0.25, 0.3) is 25.8 Å². The zero-order chi connectivity index (χ0) is 48.0. The third kappa shape index (κ3) is 13.1. The molecule has 3 aliphatic heterocycles. The maximum absolute atomic E-state index is 14.3. The molecular formula is C48H58ClF3N6O6S3. The molecule has 7 rings (SSSR count). The minimum atomic E-state index is -6.06. The third-order valence-corrected chi connectivity index (χ3v) is 16.7. The van der Waals surface area contributed by atoms with Crippen LogP contribution in [0.5, 0.6) is 0 Å². The van der Waals surface area contributed by atoms with E-state index in [1.54, 1.807) is 12.1 Å². The predicted molar refractivity (Wildman–Crippen MR) is 260 cm³/mol. The number of halogens is 4. The smallest absolute Gasteiger partial charge is 0.380 e. The molecule has 1 amide bonds. The number of carbonyl (C=O) groups is 1. The number of piperazine rings is 2. The van der Waals surface area contributed by atoms with E-state index in [9.17, 15) is 34.8 Å². The minimum Gasteiger partial charge on any atom is -0.380 e. The number of sulfonamides is 1. The molecule has 362 valence electrons. The molecule has 67 heavy (non-hydrogen) atoms. The molecule has 2 fully saturated rings. The van der Waals surface area contributed by atoms with Crippen molar-refractivity contribution in [3.63, 3.8) is 0 Å². The van der Waals surface area contributed by atoms with Crippen molar-refractivity contribution in [3.8, 4) is 0 Å². The van der Waals surface area contributed by atoms with Crippen molar-refractivity contribution in [3.05, 3.63) is 119 Å². The van der Waals surface area contributed by atoms with E-state index in [0.717, 1.165) is 80.5 Å². The van der Waals surface area contributed by atoms with Gasteiger partial charge in [-0.3, -0.25) is 14.6 Å². The Morgan fingerprint density at radius 2 is 1.48 bits per heavy atom. The number of sulfone groups is 1. The summed E-state index contributed by atoms with van der Waals surface area (Å²) in [4.78, 5) is 21.4. The van der Waals surface area contributed by atoms with Crippen molar-refractivity contribution < 1.29 is 39.5 Å². The normalized spacial score (nSPS) is 17.9. The summed E-state index contributed by atoms with van der Waals surface area (Å²) in [6.45, 7) is 15.4. The fraction of sp³-hybridized carbons (Fsp3) is 0.438. The SMILES string of the molecule is CC(C)(C)N1CCN(CCC(CSc2ccccc2)Nc2ccc(S(=O)(=O)NC(=O)c3ccc(N4CCN(CC5=C(c6ccc(Cl)cc6)CCOC5)CC4)cc3)cc2S(=O)(=O)C(F)(F)F)CC1. The number of nitrogens with one attached hydrogen (secondary N) is 2. The van der Waals surface area contributed by atoms with Crippen LogP contribution < -0.4 is 14.9 Å². The molecule has 3 aliphatic rings. The van der Waals surface area contributed by atoms with Crippen molar-refractivity contribution in [2.45, 2.75) is 65.4 Å². The summed E-state index contributed by atoms with van der Waals surface area (Å²) in [6, 6.07) is 25.6. The van der Waals surface area contributed by atoms with Crippen molar-refractivity contribution >= 4 is 66.1 Å². The molecule has 2 N–H and O–H groups in total. The zero-order valence-electron chi connectivity index (χ0n) is 37.9.